The van der Waals surface area contributed by atoms with Crippen molar-refractivity contribution in [3.05, 3.63) is 30.1 Å². The van der Waals surface area contributed by atoms with Crippen LogP contribution in [0, 0.1) is 6.92 Å². The summed E-state index contributed by atoms with van der Waals surface area (Å²) in [6, 6.07) is 6.61. The second-order valence-corrected chi connectivity index (χ2v) is 3.97. The molecule has 0 fully saturated rings. The van der Waals surface area contributed by atoms with Gasteiger partial charge < -0.3 is 15.6 Å². The maximum absolute atomic E-state index is 11.6. The fourth-order valence-electron chi connectivity index (χ4n) is 1.43. The molecule has 1 aromatic carbocycles. The van der Waals surface area contributed by atoms with Crippen molar-refractivity contribution in [3.63, 3.8) is 0 Å². The van der Waals surface area contributed by atoms with E-state index in [1.807, 2.05) is 12.1 Å². The average molecular weight is 246 g/mol. The number of hydrogen-bond donors (Lipinski definition) is 2. The summed E-state index contributed by atoms with van der Waals surface area (Å²) >= 11 is 0. The van der Waals surface area contributed by atoms with Gasteiger partial charge in [0.15, 0.2) is 5.82 Å². The number of nitrogens with one attached hydrogen (secondary N) is 1. The minimum Gasteiger partial charge on any atom is -0.334 e. The number of nitrogens with two attached hydrogens (primary N) is 1. The van der Waals surface area contributed by atoms with Crippen molar-refractivity contribution in [1.82, 2.24) is 10.1 Å². The number of benzene rings is 1. The summed E-state index contributed by atoms with van der Waals surface area (Å²) in [6.45, 7) is 3.35. The zero-order valence-corrected chi connectivity index (χ0v) is 10.2. The van der Waals surface area contributed by atoms with Gasteiger partial charge in [-0.25, -0.2) is 0 Å². The molecule has 0 unspecified atom stereocenters. The van der Waals surface area contributed by atoms with Crippen molar-refractivity contribution >= 4 is 11.6 Å². The lowest BCUT2D eigenvalue weighted by Gasteiger charge is -2.10. The van der Waals surface area contributed by atoms with Crippen molar-refractivity contribution < 1.29 is 9.32 Å². The van der Waals surface area contributed by atoms with Gasteiger partial charge in [0.1, 0.15) is 0 Å². The van der Waals surface area contributed by atoms with Crippen LogP contribution in [0.5, 0.6) is 0 Å². The Labute approximate surface area is 104 Å². The largest absolute Gasteiger partial charge is 0.334 e. The summed E-state index contributed by atoms with van der Waals surface area (Å²) in [5.41, 5.74) is 6.79. The lowest BCUT2D eigenvalue weighted by molar-refractivity contribution is -0.117. The summed E-state index contributed by atoms with van der Waals surface area (Å²) in [5, 5.41) is 6.45. The minimum atomic E-state index is -0.581. The van der Waals surface area contributed by atoms with Gasteiger partial charge in [0, 0.05) is 0 Å². The Hall–Kier alpha value is -2.21. The molecule has 0 aliphatic carbocycles. The number of carbonyl (C=O) groups excluding carboxylic acids is 1. The molecule has 0 aliphatic rings. The van der Waals surface area contributed by atoms with Crippen molar-refractivity contribution in [2.45, 2.75) is 19.9 Å². The monoisotopic (exact) mass is 246 g/mol. The van der Waals surface area contributed by atoms with Crippen molar-refractivity contribution in [2.75, 3.05) is 5.32 Å². The molecule has 0 aliphatic heterocycles. The second-order valence-electron chi connectivity index (χ2n) is 3.97. The molecule has 0 bridgehead atoms. The molecule has 1 heterocycles. The van der Waals surface area contributed by atoms with E-state index in [0.717, 1.165) is 0 Å². The van der Waals surface area contributed by atoms with Gasteiger partial charge in [-0.2, -0.15) is 4.98 Å². The number of hydrogen-bond acceptors (Lipinski definition) is 5. The lowest BCUT2D eigenvalue weighted by Crippen LogP contribution is -2.32. The van der Waals surface area contributed by atoms with E-state index in [9.17, 15) is 4.79 Å². The third kappa shape index (κ3) is 2.54. The summed E-state index contributed by atoms with van der Waals surface area (Å²) in [6.07, 6.45) is 0. The van der Waals surface area contributed by atoms with Gasteiger partial charge in [-0.3, -0.25) is 4.79 Å². The van der Waals surface area contributed by atoms with Crippen molar-refractivity contribution in [3.8, 4) is 11.5 Å². The molecular weight excluding hydrogens is 232 g/mol. The molecule has 2 rings (SSSR count). The molecule has 1 atom stereocenters. The van der Waals surface area contributed by atoms with Crippen LogP contribution >= 0.6 is 0 Å². The standard InChI is InChI=1S/C12H14N4O2/c1-7(13)11(17)15-10-6-4-3-5-9(10)12-14-8(2)16-18-12/h3-7H,13H2,1-2H3,(H,15,17)/t7-/m0/s1. The second kappa shape index (κ2) is 4.97. The summed E-state index contributed by atoms with van der Waals surface area (Å²) in [5.74, 6) is 0.644. The maximum Gasteiger partial charge on any atom is 0.260 e. The molecule has 94 valence electrons. The third-order valence-corrected chi connectivity index (χ3v) is 2.36. The van der Waals surface area contributed by atoms with E-state index in [1.54, 1.807) is 26.0 Å². The van der Waals surface area contributed by atoms with Crippen molar-refractivity contribution in [2.24, 2.45) is 5.73 Å². The molecule has 18 heavy (non-hydrogen) atoms. The zero-order chi connectivity index (χ0) is 13.1. The van der Waals surface area contributed by atoms with Crippen LogP contribution in [0.4, 0.5) is 5.69 Å². The smallest absolute Gasteiger partial charge is 0.260 e. The van der Waals surface area contributed by atoms with Crippen molar-refractivity contribution in [1.29, 1.82) is 0 Å². The number of aromatic nitrogens is 2. The van der Waals surface area contributed by atoms with Gasteiger partial charge in [0.25, 0.3) is 5.89 Å². The Kier molecular flexibility index (Phi) is 3.38. The quantitative estimate of drug-likeness (QED) is 0.852. The van der Waals surface area contributed by atoms with Crippen LogP contribution in [0.3, 0.4) is 0 Å². The first-order valence-corrected chi connectivity index (χ1v) is 5.54. The molecular formula is C12H14N4O2. The van der Waals surface area contributed by atoms with Gasteiger partial charge in [-0.15, -0.1) is 0 Å². The summed E-state index contributed by atoms with van der Waals surface area (Å²) in [7, 11) is 0. The number of anilines is 1. The topological polar surface area (TPSA) is 94.0 Å². The van der Waals surface area contributed by atoms with Crippen LogP contribution in [-0.4, -0.2) is 22.1 Å². The molecule has 1 aromatic heterocycles. The number of carbonyl (C=O) groups is 1. The van der Waals surface area contributed by atoms with E-state index in [0.29, 0.717) is 23.0 Å². The van der Waals surface area contributed by atoms with E-state index in [2.05, 4.69) is 15.5 Å². The Morgan fingerprint density at radius 2 is 2.17 bits per heavy atom. The molecule has 1 amide bonds. The fraction of sp³-hybridized carbons (Fsp3) is 0.250. The first kappa shape index (κ1) is 12.3. The molecule has 6 nitrogen and oxygen atoms in total. The molecule has 0 spiro atoms. The predicted molar refractivity (Wildman–Crippen MR) is 66.8 cm³/mol. The van der Waals surface area contributed by atoms with Crippen LogP contribution in [0.2, 0.25) is 0 Å². The van der Waals surface area contributed by atoms with Gasteiger partial charge in [-0.1, -0.05) is 17.3 Å². The van der Waals surface area contributed by atoms with Crippen LogP contribution in [0.1, 0.15) is 12.7 Å². The van der Waals surface area contributed by atoms with Crippen LogP contribution in [0.15, 0.2) is 28.8 Å². The SMILES string of the molecule is Cc1noc(-c2ccccc2NC(=O)[C@H](C)N)n1. The Morgan fingerprint density at radius 3 is 2.78 bits per heavy atom. The van der Waals surface area contributed by atoms with E-state index < -0.39 is 6.04 Å². The third-order valence-electron chi connectivity index (χ3n) is 2.36. The van der Waals surface area contributed by atoms with Crippen LogP contribution < -0.4 is 11.1 Å². The molecule has 0 radical (unpaired) electrons. The molecule has 2 aromatic rings. The first-order chi connectivity index (χ1) is 8.58. The molecule has 0 saturated carbocycles. The summed E-state index contributed by atoms with van der Waals surface area (Å²) in [4.78, 5) is 15.7. The fourth-order valence-corrected chi connectivity index (χ4v) is 1.43. The zero-order valence-electron chi connectivity index (χ0n) is 10.2. The van der Waals surface area contributed by atoms with E-state index >= 15 is 0 Å². The van der Waals surface area contributed by atoms with E-state index in [-0.39, 0.29) is 5.91 Å². The summed E-state index contributed by atoms with van der Waals surface area (Å²) < 4.78 is 5.09. The number of rotatable bonds is 3. The Morgan fingerprint density at radius 1 is 1.44 bits per heavy atom. The number of amides is 1. The van der Waals surface area contributed by atoms with Crippen LogP contribution in [0.25, 0.3) is 11.5 Å². The van der Waals surface area contributed by atoms with Gasteiger partial charge in [0.2, 0.25) is 5.91 Å². The minimum absolute atomic E-state index is 0.265. The normalized spacial score (nSPS) is 12.2. The Bertz CT molecular complexity index is 563. The predicted octanol–water partition coefficient (Wildman–Crippen LogP) is 1.33. The maximum atomic E-state index is 11.6. The van der Waals surface area contributed by atoms with Crippen LogP contribution in [-0.2, 0) is 4.79 Å². The number of aryl methyl sites for hydroxylation is 1. The first-order valence-electron chi connectivity index (χ1n) is 5.54. The molecule has 0 saturated heterocycles. The highest BCUT2D eigenvalue weighted by Gasteiger charge is 2.14. The molecule has 6 heteroatoms. The number of para-hydroxylation sites is 1. The van der Waals surface area contributed by atoms with E-state index in [1.165, 1.54) is 0 Å². The number of nitrogens with zero attached hydrogens (tertiary/aromatic N) is 2. The van der Waals surface area contributed by atoms with Gasteiger partial charge >= 0.3 is 0 Å². The highest BCUT2D eigenvalue weighted by atomic mass is 16.5. The Balaban J connectivity index is 2.34. The van der Waals surface area contributed by atoms with E-state index in [4.69, 9.17) is 10.3 Å². The van der Waals surface area contributed by atoms with Gasteiger partial charge in [0.05, 0.1) is 17.3 Å². The van der Waals surface area contributed by atoms with Gasteiger partial charge in [-0.05, 0) is 26.0 Å². The highest BCUT2D eigenvalue weighted by molar-refractivity contribution is 5.97. The average Bonchev–Trinajstić information content (AvgIpc) is 2.76. The lowest BCUT2D eigenvalue weighted by atomic mass is 10.1. The highest BCUT2D eigenvalue weighted by Crippen LogP contribution is 2.26. The molecule has 3 N–H and O–H groups in total.